The molecule has 0 aliphatic carbocycles. The molecule has 0 aliphatic heterocycles. The first kappa shape index (κ1) is 91.1. The molecular formula is C74H144O17P2. The molecule has 0 radical (unpaired) electrons. The Kier molecular flexibility index (Phi) is 64.6. The van der Waals surface area contributed by atoms with E-state index in [1.165, 1.54) is 193 Å². The number of hydrogen-bond acceptors (Lipinski definition) is 15. The van der Waals surface area contributed by atoms with Gasteiger partial charge >= 0.3 is 39.5 Å². The molecule has 0 saturated heterocycles. The van der Waals surface area contributed by atoms with Crippen LogP contribution in [0.3, 0.4) is 0 Å². The molecule has 17 nitrogen and oxygen atoms in total. The van der Waals surface area contributed by atoms with Crippen molar-refractivity contribution in [1.29, 1.82) is 0 Å². The summed E-state index contributed by atoms with van der Waals surface area (Å²) in [5, 5.41) is 10.6. The van der Waals surface area contributed by atoms with Crippen molar-refractivity contribution in [2.24, 2.45) is 11.8 Å². The van der Waals surface area contributed by atoms with E-state index in [2.05, 4.69) is 41.5 Å². The van der Waals surface area contributed by atoms with E-state index in [-0.39, 0.29) is 25.7 Å². The molecule has 0 aliphatic rings. The summed E-state index contributed by atoms with van der Waals surface area (Å²) in [6, 6.07) is 0. The highest BCUT2D eigenvalue weighted by Gasteiger charge is 2.30. The van der Waals surface area contributed by atoms with Crippen LogP contribution in [0.4, 0.5) is 0 Å². The molecule has 0 saturated carbocycles. The number of carbonyl (C=O) groups excluding carboxylic acids is 4. The van der Waals surface area contributed by atoms with E-state index in [0.717, 1.165) is 108 Å². The highest BCUT2D eigenvalue weighted by molar-refractivity contribution is 7.47. The van der Waals surface area contributed by atoms with E-state index in [9.17, 15) is 43.2 Å². The Morgan fingerprint density at radius 1 is 0.312 bits per heavy atom. The van der Waals surface area contributed by atoms with Crippen LogP contribution in [0.1, 0.15) is 382 Å². The second-order valence-electron chi connectivity index (χ2n) is 27.4. The van der Waals surface area contributed by atoms with Crippen LogP contribution >= 0.6 is 15.6 Å². The average Bonchev–Trinajstić information content (AvgIpc) is 3.06. The van der Waals surface area contributed by atoms with Crippen LogP contribution in [0.2, 0.25) is 0 Å². The molecule has 3 N–H and O–H groups in total. The van der Waals surface area contributed by atoms with Crippen molar-refractivity contribution in [3.63, 3.8) is 0 Å². The fourth-order valence-electron chi connectivity index (χ4n) is 11.3. The predicted octanol–water partition coefficient (Wildman–Crippen LogP) is 21.6. The van der Waals surface area contributed by atoms with Gasteiger partial charge in [0.05, 0.1) is 26.4 Å². The Morgan fingerprint density at radius 3 is 0.817 bits per heavy atom. The minimum atomic E-state index is -4.95. The van der Waals surface area contributed by atoms with Gasteiger partial charge in [0.1, 0.15) is 19.3 Å². The molecule has 0 aromatic carbocycles. The van der Waals surface area contributed by atoms with Crippen molar-refractivity contribution in [1.82, 2.24) is 0 Å². The molecule has 0 heterocycles. The van der Waals surface area contributed by atoms with Crippen molar-refractivity contribution < 1.29 is 80.2 Å². The van der Waals surface area contributed by atoms with E-state index in [1.54, 1.807) is 0 Å². The Morgan fingerprint density at radius 2 is 0.548 bits per heavy atom. The molecule has 0 aromatic heterocycles. The molecule has 0 bridgehead atoms. The third-order valence-corrected chi connectivity index (χ3v) is 19.5. The van der Waals surface area contributed by atoms with Crippen LogP contribution in [-0.4, -0.2) is 96.7 Å². The van der Waals surface area contributed by atoms with Gasteiger partial charge in [0.2, 0.25) is 0 Å². The largest absolute Gasteiger partial charge is 0.472 e. The van der Waals surface area contributed by atoms with E-state index in [4.69, 9.17) is 37.0 Å². The molecular weight excluding hydrogens is 1220 g/mol. The third-order valence-electron chi connectivity index (χ3n) is 17.6. The number of ether oxygens (including phenoxy) is 4. The van der Waals surface area contributed by atoms with Gasteiger partial charge in [-0.25, -0.2) is 9.13 Å². The highest BCUT2D eigenvalue weighted by Crippen LogP contribution is 2.45. The van der Waals surface area contributed by atoms with Gasteiger partial charge in [-0.05, 0) is 37.5 Å². The van der Waals surface area contributed by atoms with Crippen molar-refractivity contribution in [3.05, 3.63) is 0 Å². The van der Waals surface area contributed by atoms with Gasteiger partial charge in [-0.3, -0.25) is 37.3 Å². The predicted molar refractivity (Wildman–Crippen MR) is 377 cm³/mol. The first-order chi connectivity index (χ1) is 44.9. The smallest absolute Gasteiger partial charge is 0.462 e. The van der Waals surface area contributed by atoms with Gasteiger partial charge in [0.25, 0.3) is 0 Å². The first-order valence-corrected chi connectivity index (χ1v) is 41.5. The number of carbonyl (C=O) groups is 4. The Labute approximate surface area is 568 Å². The zero-order valence-corrected chi connectivity index (χ0v) is 62.3. The van der Waals surface area contributed by atoms with Crippen LogP contribution < -0.4 is 0 Å². The summed E-state index contributed by atoms with van der Waals surface area (Å²) >= 11 is 0. The number of aliphatic hydroxyl groups excluding tert-OH is 1. The minimum Gasteiger partial charge on any atom is -0.462 e. The van der Waals surface area contributed by atoms with Crippen LogP contribution in [0.5, 0.6) is 0 Å². The molecule has 6 atom stereocenters. The molecule has 3 unspecified atom stereocenters. The van der Waals surface area contributed by atoms with E-state index >= 15 is 0 Å². The molecule has 0 spiro atoms. The lowest BCUT2D eigenvalue weighted by Gasteiger charge is -2.21. The van der Waals surface area contributed by atoms with Gasteiger partial charge in [-0.15, -0.1) is 0 Å². The molecule has 93 heavy (non-hydrogen) atoms. The maximum Gasteiger partial charge on any atom is 0.472 e. The second kappa shape index (κ2) is 66.0. The summed E-state index contributed by atoms with van der Waals surface area (Å²) in [6.45, 7) is 9.51. The summed E-state index contributed by atoms with van der Waals surface area (Å²) in [6.07, 6.45) is 53.2. The van der Waals surface area contributed by atoms with Crippen molar-refractivity contribution >= 4 is 39.5 Å². The lowest BCUT2D eigenvalue weighted by Crippen LogP contribution is -2.30. The topological polar surface area (TPSA) is 237 Å². The number of esters is 4. The van der Waals surface area contributed by atoms with Crippen molar-refractivity contribution in [2.45, 2.75) is 400 Å². The molecule has 0 fully saturated rings. The SMILES string of the molecule is CCCCCCCCCCCCCCCCCCCCC(=O)OC[C@H](COP(=O)(O)OC[C@@H](O)COP(=O)(O)OC[C@@H](COC(=O)CCCCCCC)OC(=O)CCCCCCCCCCC(C)CC)OC(=O)CCCCCCCCCCCCCCCCCC(C)C. The van der Waals surface area contributed by atoms with Crippen LogP contribution in [0.25, 0.3) is 0 Å². The number of rotatable bonds is 73. The Hall–Kier alpha value is -1.94. The van der Waals surface area contributed by atoms with Gasteiger partial charge in [-0.2, -0.15) is 0 Å². The number of phosphoric ester groups is 2. The molecule has 0 aromatic rings. The maximum absolute atomic E-state index is 13.1. The lowest BCUT2D eigenvalue weighted by atomic mass is 9.99. The molecule has 552 valence electrons. The third kappa shape index (κ3) is 67.0. The van der Waals surface area contributed by atoms with Gasteiger partial charge in [0.15, 0.2) is 12.2 Å². The maximum atomic E-state index is 13.1. The number of hydrogen-bond donors (Lipinski definition) is 3. The zero-order valence-electron chi connectivity index (χ0n) is 60.6. The van der Waals surface area contributed by atoms with Crippen LogP contribution in [0, 0.1) is 11.8 Å². The summed E-state index contributed by atoms with van der Waals surface area (Å²) in [4.78, 5) is 72.4. The van der Waals surface area contributed by atoms with E-state index in [1.807, 2.05) is 0 Å². The summed E-state index contributed by atoms with van der Waals surface area (Å²) < 4.78 is 68.2. The van der Waals surface area contributed by atoms with Crippen molar-refractivity contribution in [3.8, 4) is 0 Å². The zero-order chi connectivity index (χ0) is 68.6. The van der Waals surface area contributed by atoms with E-state index < -0.39 is 97.5 Å². The van der Waals surface area contributed by atoms with Gasteiger partial charge in [-0.1, -0.05) is 330 Å². The Balaban J connectivity index is 5.15. The molecule has 0 amide bonds. The second-order valence-corrected chi connectivity index (χ2v) is 30.3. The monoisotopic (exact) mass is 1370 g/mol. The summed E-state index contributed by atoms with van der Waals surface area (Å²) in [7, 11) is -9.90. The minimum absolute atomic E-state index is 0.104. The highest BCUT2D eigenvalue weighted by atomic mass is 31.2. The standard InChI is InChI=1S/C74H144O17P2/c1-7-10-12-14-15-16-17-18-19-20-21-24-27-30-33-39-45-51-57-72(77)85-63-70(91-73(78)58-52-46-40-34-31-28-25-22-23-26-29-32-37-43-48-54-66(4)5)65-89-93(82,83)87-61-68(75)60-86-92(80,81)88-64-69(62-84-71(76)56-50-42-13-11-8-2)90-74(79)59-53-47-41-36-35-38-44-49-55-67(6)9-3/h66-70,75H,7-65H2,1-6H3,(H,80,81)(H,82,83)/t67?,68-,69+,70+/m0/s1. The fourth-order valence-corrected chi connectivity index (χ4v) is 12.8. The van der Waals surface area contributed by atoms with Crippen LogP contribution in [-0.2, 0) is 65.4 Å². The summed E-state index contributed by atoms with van der Waals surface area (Å²) in [5.41, 5.74) is 0. The molecule has 19 heteroatoms. The van der Waals surface area contributed by atoms with Gasteiger partial charge in [0, 0.05) is 25.7 Å². The first-order valence-electron chi connectivity index (χ1n) is 38.5. The van der Waals surface area contributed by atoms with Crippen LogP contribution in [0.15, 0.2) is 0 Å². The lowest BCUT2D eigenvalue weighted by molar-refractivity contribution is -0.161. The number of unbranched alkanes of at least 4 members (excludes halogenated alkanes) is 42. The van der Waals surface area contributed by atoms with Gasteiger partial charge < -0.3 is 33.8 Å². The number of phosphoric acid groups is 2. The van der Waals surface area contributed by atoms with Crippen molar-refractivity contribution in [2.75, 3.05) is 39.6 Å². The number of aliphatic hydroxyl groups is 1. The average molecular weight is 1370 g/mol. The molecule has 0 rings (SSSR count). The van der Waals surface area contributed by atoms with E-state index in [0.29, 0.717) is 25.7 Å². The quantitative estimate of drug-likeness (QED) is 0.0222. The Bertz CT molecular complexity index is 1810. The summed E-state index contributed by atoms with van der Waals surface area (Å²) in [5.74, 6) is -0.558. The normalized spacial score (nSPS) is 14.3. The fraction of sp³-hybridized carbons (Fsp3) is 0.946.